The number of carbonyl (C=O) groups excluding carboxylic acids is 1. The van der Waals surface area contributed by atoms with E-state index in [1.807, 2.05) is 24.3 Å². The summed E-state index contributed by atoms with van der Waals surface area (Å²) >= 11 is 3.02. The molecule has 3 rings (SSSR count). The van der Waals surface area contributed by atoms with E-state index in [1.165, 1.54) is 22.9 Å². The topological polar surface area (TPSA) is 29.4 Å². The van der Waals surface area contributed by atoms with E-state index in [0.717, 1.165) is 29.4 Å². The Morgan fingerprint density at radius 1 is 1.00 bits per heavy atom. The molecule has 0 bridgehead atoms. The van der Waals surface area contributed by atoms with Crippen LogP contribution in [-0.2, 0) is 17.6 Å². The summed E-state index contributed by atoms with van der Waals surface area (Å²) in [6.07, 6.45) is 2.66. The van der Waals surface area contributed by atoms with E-state index < -0.39 is 0 Å². The first-order valence-corrected chi connectivity index (χ1v) is 10.6. The second kappa shape index (κ2) is 9.25. The highest BCUT2D eigenvalue weighted by molar-refractivity contribution is 8.44. The Kier molecular flexibility index (Phi) is 6.76. The van der Waals surface area contributed by atoms with Crippen molar-refractivity contribution in [1.29, 1.82) is 0 Å². The summed E-state index contributed by atoms with van der Waals surface area (Å²) < 4.78 is 0.940. The predicted molar refractivity (Wildman–Crippen MR) is 110 cm³/mol. The first kappa shape index (κ1) is 18.3. The first-order valence-electron chi connectivity index (χ1n) is 8.76. The molecule has 1 heterocycles. The van der Waals surface area contributed by atoms with E-state index in [1.54, 1.807) is 11.8 Å². The highest BCUT2D eigenvalue weighted by atomic mass is 32.2. The lowest BCUT2D eigenvalue weighted by molar-refractivity contribution is -0.115. The van der Waals surface area contributed by atoms with Gasteiger partial charge in [-0.1, -0.05) is 79.3 Å². The van der Waals surface area contributed by atoms with Crippen molar-refractivity contribution in [1.82, 2.24) is 0 Å². The SMILES string of the molecule is CCSC1=N[C@@H](CCc2ccccc2)[C@@H](Cc2ccccc2)C(=O)S1. The summed E-state index contributed by atoms with van der Waals surface area (Å²) in [4.78, 5) is 17.7. The molecule has 130 valence electrons. The zero-order valence-corrected chi connectivity index (χ0v) is 16.1. The number of hydrogen-bond acceptors (Lipinski definition) is 4. The Labute approximate surface area is 158 Å². The maximum atomic E-state index is 12.8. The van der Waals surface area contributed by atoms with Gasteiger partial charge < -0.3 is 0 Å². The third-order valence-electron chi connectivity index (χ3n) is 4.36. The molecule has 25 heavy (non-hydrogen) atoms. The van der Waals surface area contributed by atoms with Gasteiger partial charge in [0.05, 0.1) is 12.0 Å². The van der Waals surface area contributed by atoms with E-state index in [0.29, 0.717) is 0 Å². The quantitative estimate of drug-likeness (QED) is 0.698. The minimum absolute atomic E-state index is 0.0303. The van der Waals surface area contributed by atoms with Gasteiger partial charge in [0.1, 0.15) is 4.38 Å². The maximum absolute atomic E-state index is 12.8. The number of thioether (sulfide) groups is 2. The number of nitrogens with zero attached hydrogens (tertiary/aromatic N) is 1. The largest absolute Gasteiger partial charge is 0.286 e. The normalized spacial score (nSPS) is 20.4. The first-order chi connectivity index (χ1) is 12.3. The van der Waals surface area contributed by atoms with Crippen LogP contribution in [0.1, 0.15) is 24.5 Å². The summed E-state index contributed by atoms with van der Waals surface area (Å²) in [6, 6.07) is 20.8. The Morgan fingerprint density at radius 3 is 2.28 bits per heavy atom. The Balaban J connectivity index is 1.76. The third kappa shape index (κ3) is 5.23. The molecule has 0 saturated heterocycles. The van der Waals surface area contributed by atoms with Gasteiger partial charge in [0, 0.05) is 0 Å². The van der Waals surface area contributed by atoms with Gasteiger partial charge in [0.2, 0.25) is 5.12 Å². The van der Waals surface area contributed by atoms with Gasteiger partial charge in [0.25, 0.3) is 0 Å². The van der Waals surface area contributed by atoms with Gasteiger partial charge >= 0.3 is 0 Å². The van der Waals surface area contributed by atoms with Gasteiger partial charge in [-0.25, -0.2) is 0 Å². The Bertz CT molecular complexity index is 715. The lowest BCUT2D eigenvalue weighted by Crippen LogP contribution is -2.32. The van der Waals surface area contributed by atoms with Gasteiger partial charge in [-0.2, -0.15) is 0 Å². The molecular formula is C21H23NOS2. The number of aryl methyl sites for hydroxylation is 1. The second-order valence-corrected chi connectivity index (χ2v) is 8.64. The van der Waals surface area contributed by atoms with Crippen LogP contribution in [-0.4, -0.2) is 21.3 Å². The molecular weight excluding hydrogens is 346 g/mol. The van der Waals surface area contributed by atoms with Gasteiger partial charge in [-0.05, 0) is 47.9 Å². The van der Waals surface area contributed by atoms with Crippen molar-refractivity contribution in [3.05, 3.63) is 71.8 Å². The van der Waals surface area contributed by atoms with Crippen LogP contribution in [0, 0.1) is 5.92 Å². The molecule has 2 nitrogen and oxygen atoms in total. The summed E-state index contributed by atoms with van der Waals surface area (Å²) in [7, 11) is 0. The molecule has 0 spiro atoms. The van der Waals surface area contributed by atoms with Gasteiger partial charge in [0.15, 0.2) is 0 Å². The van der Waals surface area contributed by atoms with E-state index >= 15 is 0 Å². The highest BCUT2D eigenvalue weighted by Gasteiger charge is 2.33. The maximum Gasteiger partial charge on any atom is 0.201 e. The molecule has 0 saturated carbocycles. The third-order valence-corrected chi connectivity index (χ3v) is 6.39. The zero-order valence-electron chi connectivity index (χ0n) is 14.4. The smallest absolute Gasteiger partial charge is 0.201 e. The summed E-state index contributed by atoms with van der Waals surface area (Å²) in [5, 5.41) is 0.271. The molecule has 2 aromatic rings. The summed E-state index contributed by atoms with van der Waals surface area (Å²) in [5.74, 6) is 0.922. The van der Waals surface area contributed by atoms with E-state index in [2.05, 4.69) is 43.3 Å². The molecule has 0 radical (unpaired) electrons. The predicted octanol–water partition coefficient (Wildman–Crippen LogP) is 5.23. The molecule has 0 aromatic heterocycles. The Hall–Kier alpha value is -1.52. The zero-order chi connectivity index (χ0) is 17.5. The molecule has 4 heteroatoms. The second-order valence-electron chi connectivity index (χ2n) is 6.14. The van der Waals surface area contributed by atoms with Crippen LogP contribution in [0.2, 0.25) is 0 Å². The van der Waals surface area contributed by atoms with Crippen LogP contribution < -0.4 is 0 Å². The highest BCUT2D eigenvalue weighted by Crippen LogP contribution is 2.34. The molecule has 2 atom stereocenters. The number of carbonyl (C=O) groups is 1. The molecule has 0 fully saturated rings. The molecule has 1 aliphatic heterocycles. The number of benzene rings is 2. The van der Waals surface area contributed by atoms with Crippen LogP contribution in [0.3, 0.4) is 0 Å². The monoisotopic (exact) mass is 369 g/mol. The summed E-state index contributed by atoms with van der Waals surface area (Å²) in [5.41, 5.74) is 2.53. The van der Waals surface area contributed by atoms with Crippen LogP contribution in [0.5, 0.6) is 0 Å². The molecule has 2 aromatic carbocycles. The molecule has 0 aliphatic carbocycles. The average Bonchev–Trinajstić information content (AvgIpc) is 2.64. The van der Waals surface area contributed by atoms with E-state index in [9.17, 15) is 4.79 Å². The minimum atomic E-state index is -0.0303. The minimum Gasteiger partial charge on any atom is -0.286 e. The standard InChI is InChI=1S/C21H23NOS2/c1-2-24-21-22-19(14-13-16-9-5-3-6-10-16)18(20(23)25-21)15-17-11-7-4-8-12-17/h3-12,18-19H,2,13-15H2,1H3/t18-,19+/m1/s1. The fourth-order valence-corrected chi connectivity index (χ4v) is 5.12. The van der Waals surface area contributed by atoms with Crippen molar-refractivity contribution in [3.8, 4) is 0 Å². The fourth-order valence-electron chi connectivity index (χ4n) is 3.07. The molecule has 0 unspecified atom stereocenters. The van der Waals surface area contributed by atoms with Crippen molar-refractivity contribution >= 4 is 33.0 Å². The van der Waals surface area contributed by atoms with Crippen molar-refractivity contribution in [3.63, 3.8) is 0 Å². The molecule has 1 aliphatic rings. The van der Waals surface area contributed by atoms with Crippen LogP contribution in [0.4, 0.5) is 0 Å². The van der Waals surface area contributed by atoms with E-state index in [4.69, 9.17) is 4.99 Å². The lowest BCUT2D eigenvalue weighted by Gasteiger charge is -2.28. The average molecular weight is 370 g/mol. The van der Waals surface area contributed by atoms with Crippen molar-refractivity contribution in [2.24, 2.45) is 10.9 Å². The summed E-state index contributed by atoms with van der Waals surface area (Å²) in [6.45, 7) is 2.10. The van der Waals surface area contributed by atoms with Gasteiger partial charge in [-0.15, -0.1) is 0 Å². The Morgan fingerprint density at radius 2 is 1.64 bits per heavy atom. The number of aliphatic imine (C=N–C) groups is 1. The van der Waals surface area contributed by atoms with Crippen molar-refractivity contribution in [2.75, 3.05) is 5.75 Å². The van der Waals surface area contributed by atoms with E-state index in [-0.39, 0.29) is 17.1 Å². The lowest BCUT2D eigenvalue weighted by atomic mass is 9.89. The van der Waals surface area contributed by atoms with Crippen molar-refractivity contribution in [2.45, 2.75) is 32.2 Å². The molecule has 0 amide bonds. The van der Waals surface area contributed by atoms with Gasteiger partial charge in [-0.3, -0.25) is 9.79 Å². The van der Waals surface area contributed by atoms with Crippen LogP contribution >= 0.6 is 23.5 Å². The fraction of sp³-hybridized carbons (Fsp3) is 0.333. The van der Waals surface area contributed by atoms with Crippen molar-refractivity contribution < 1.29 is 4.79 Å². The molecule has 0 N–H and O–H groups in total. The van der Waals surface area contributed by atoms with Crippen LogP contribution in [0.15, 0.2) is 65.7 Å². The van der Waals surface area contributed by atoms with Crippen LogP contribution in [0.25, 0.3) is 0 Å². The number of hydrogen-bond donors (Lipinski definition) is 0. The number of rotatable bonds is 6.